The third-order valence-electron chi connectivity index (χ3n) is 11.7. The third kappa shape index (κ3) is 17.7. The molecule has 0 saturated heterocycles. The number of nitrogens with one attached hydrogen (secondary N) is 4. The van der Waals surface area contributed by atoms with E-state index in [1.54, 1.807) is 69.4 Å². The molecule has 0 aliphatic carbocycles. The number of aryl methyl sites for hydroxylation is 1. The van der Waals surface area contributed by atoms with Crippen molar-refractivity contribution in [3.05, 3.63) is 47.7 Å². The number of unbranched alkanes of at least 4 members (excludes halogenated alkanes) is 1. The van der Waals surface area contributed by atoms with Crippen LogP contribution in [0, 0.1) is 11.3 Å². The minimum absolute atomic E-state index is 0.0486. The Bertz CT molecular complexity index is 2230. The minimum atomic E-state index is -1.52. The van der Waals surface area contributed by atoms with Gasteiger partial charge in [0.25, 0.3) is 0 Å². The van der Waals surface area contributed by atoms with Crippen LogP contribution in [0.1, 0.15) is 135 Å². The van der Waals surface area contributed by atoms with Gasteiger partial charge < -0.3 is 50.4 Å². The van der Waals surface area contributed by atoms with Gasteiger partial charge in [-0.15, -0.1) is 0 Å². The SMILES string of the molecule is CC(=CC(C(C)C)N(C)C(=O)C(NC(=O)C(N(C)C(=O)OC(C)(C)C)C(C)(C)c1cn(C)c2ccccc12)C(C)(C)C)C(=O)NC(CCC(=O)NC(CCCCNC(=O)OC(C)(C)C)C(=O)O)C(=O)O. The number of carboxylic acids is 2. The van der Waals surface area contributed by atoms with E-state index in [4.69, 9.17) is 9.47 Å². The van der Waals surface area contributed by atoms with Gasteiger partial charge in [-0.25, -0.2) is 19.2 Å². The van der Waals surface area contributed by atoms with E-state index in [-0.39, 0.29) is 30.9 Å². The van der Waals surface area contributed by atoms with Crippen LogP contribution in [0.15, 0.2) is 42.1 Å². The highest BCUT2D eigenvalue weighted by Gasteiger charge is 2.47. The Morgan fingerprint density at radius 2 is 1.31 bits per heavy atom. The number of aliphatic carboxylic acids is 2. The Morgan fingerprint density at radius 1 is 0.757 bits per heavy atom. The van der Waals surface area contributed by atoms with E-state index < -0.39 is 106 Å². The zero-order valence-corrected chi connectivity index (χ0v) is 44.5. The number of carbonyl (C=O) groups is 8. The number of aromatic nitrogens is 1. The number of para-hydroxylation sites is 1. The molecule has 2 aromatic rings. The first-order valence-corrected chi connectivity index (χ1v) is 23.8. The van der Waals surface area contributed by atoms with E-state index in [2.05, 4.69) is 21.3 Å². The highest BCUT2D eigenvalue weighted by atomic mass is 16.6. The van der Waals surface area contributed by atoms with Crippen molar-refractivity contribution in [1.29, 1.82) is 0 Å². The van der Waals surface area contributed by atoms with Crippen LogP contribution in [0.2, 0.25) is 0 Å². The maximum absolute atomic E-state index is 14.9. The molecule has 2 rings (SSSR count). The highest BCUT2D eigenvalue weighted by molar-refractivity contribution is 5.97. The molecule has 1 aromatic carbocycles. The van der Waals surface area contributed by atoms with E-state index in [1.807, 2.05) is 69.8 Å². The van der Waals surface area contributed by atoms with Gasteiger partial charge in [-0.3, -0.25) is 24.1 Å². The number of hydrogen-bond donors (Lipinski definition) is 6. The summed E-state index contributed by atoms with van der Waals surface area (Å²) in [6, 6.07) is 1.89. The fourth-order valence-corrected chi connectivity index (χ4v) is 8.04. The average molecular weight is 984 g/mol. The summed E-state index contributed by atoms with van der Waals surface area (Å²) in [5.41, 5.74) is -1.66. The van der Waals surface area contributed by atoms with Gasteiger partial charge in [-0.2, -0.15) is 0 Å². The van der Waals surface area contributed by atoms with E-state index >= 15 is 0 Å². The lowest BCUT2D eigenvalue weighted by molar-refractivity contribution is -0.143. The van der Waals surface area contributed by atoms with Crippen LogP contribution in [0.4, 0.5) is 9.59 Å². The number of alkyl carbamates (subject to hydrolysis) is 1. The molecular formula is C51H81N7O12. The molecule has 0 bridgehead atoms. The number of carbonyl (C=O) groups excluding carboxylic acids is 6. The molecule has 6 amide bonds. The number of benzene rings is 1. The molecule has 0 aliphatic heterocycles. The second-order valence-corrected chi connectivity index (χ2v) is 22.0. The summed E-state index contributed by atoms with van der Waals surface area (Å²) in [5, 5.41) is 31.0. The van der Waals surface area contributed by atoms with Gasteiger partial charge in [0.15, 0.2) is 0 Å². The molecule has 5 atom stereocenters. The van der Waals surface area contributed by atoms with E-state index in [9.17, 15) is 48.6 Å². The normalized spacial score (nSPS) is 14.6. The van der Waals surface area contributed by atoms with Crippen molar-refractivity contribution >= 4 is 58.7 Å². The summed E-state index contributed by atoms with van der Waals surface area (Å²) in [6.45, 7) is 24.9. The van der Waals surface area contributed by atoms with Crippen molar-refractivity contribution in [2.75, 3.05) is 20.6 Å². The number of nitrogens with zero attached hydrogens (tertiary/aromatic N) is 3. The lowest BCUT2D eigenvalue weighted by Gasteiger charge is -2.42. The van der Waals surface area contributed by atoms with E-state index in [0.717, 1.165) is 16.5 Å². The zero-order chi connectivity index (χ0) is 53.9. The molecule has 19 nitrogen and oxygen atoms in total. The molecule has 392 valence electrons. The largest absolute Gasteiger partial charge is 0.480 e. The fraction of sp³-hybridized carbons (Fsp3) is 0.647. The molecule has 0 aliphatic rings. The van der Waals surface area contributed by atoms with Gasteiger partial charge in [0.05, 0.1) is 6.04 Å². The van der Waals surface area contributed by atoms with Gasteiger partial charge >= 0.3 is 24.1 Å². The molecule has 1 heterocycles. The van der Waals surface area contributed by atoms with E-state index in [0.29, 0.717) is 12.8 Å². The van der Waals surface area contributed by atoms with Crippen molar-refractivity contribution in [2.24, 2.45) is 18.4 Å². The summed E-state index contributed by atoms with van der Waals surface area (Å²) >= 11 is 0. The molecular weight excluding hydrogens is 903 g/mol. The lowest BCUT2D eigenvalue weighted by Crippen LogP contribution is -2.63. The van der Waals surface area contributed by atoms with Gasteiger partial charge in [-0.05, 0) is 97.1 Å². The van der Waals surface area contributed by atoms with Crippen LogP contribution >= 0.6 is 0 Å². The van der Waals surface area contributed by atoms with Gasteiger partial charge in [0.1, 0.15) is 35.4 Å². The summed E-state index contributed by atoms with van der Waals surface area (Å²) < 4.78 is 12.9. The summed E-state index contributed by atoms with van der Waals surface area (Å²) in [4.78, 5) is 108. The fourth-order valence-electron chi connectivity index (χ4n) is 8.04. The predicted molar refractivity (Wildman–Crippen MR) is 267 cm³/mol. The monoisotopic (exact) mass is 984 g/mol. The van der Waals surface area contributed by atoms with Gasteiger partial charge in [-0.1, -0.05) is 72.7 Å². The summed E-state index contributed by atoms with van der Waals surface area (Å²) in [5.74, 6) is -5.58. The summed E-state index contributed by atoms with van der Waals surface area (Å²) in [6.07, 6.45) is 2.16. The number of amides is 6. The van der Waals surface area contributed by atoms with Crippen LogP contribution in [-0.2, 0) is 50.7 Å². The molecule has 0 saturated carbocycles. The van der Waals surface area contributed by atoms with Crippen molar-refractivity contribution < 1.29 is 58.0 Å². The van der Waals surface area contributed by atoms with Crippen molar-refractivity contribution in [1.82, 2.24) is 35.6 Å². The molecule has 5 unspecified atom stereocenters. The number of rotatable bonds is 22. The van der Waals surface area contributed by atoms with Crippen molar-refractivity contribution in [3.8, 4) is 0 Å². The molecule has 0 radical (unpaired) electrons. The Morgan fingerprint density at radius 3 is 1.84 bits per heavy atom. The Balaban J connectivity index is 2.31. The first-order chi connectivity index (χ1) is 32.0. The maximum Gasteiger partial charge on any atom is 0.410 e. The minimum Gasteiger partial charge on any atom is -0.480 e. The standard InChI is InChI=1S/C51H81N7O12/c1-30(2)37(28-31(3)41(60)54-35(45(65)66)25-26-38(59)53-34(44(63)64)23-20-21-27-52-46(67)69-49(7,8)9)57(16)43(62)39(48(4,5)6)55-42(61)40(58(17)47(68)70-50(10,11)12)51(13,14)33-29-56(15)36-24-19-18-22-32(33)36/h18-19,22,24,28-30,34-35,37,39-40H,20-21,23,25-27H2,1-17H3,(H,52,67)(H,53,59)(H,54,60)(H,55,61)(H,63,64)(H,65,66). The number of carboxylic acid groups (broad SMARTS) is 2. The maximum atomic E-state index is 14.9. The Kier molecular flexibility index (Phi) is 21.1. The van der Waals surface area contributed by atoms with Crippen LogP contribution in [0.5, 0.6) is 0 Å². The Hall–Kier alpha value is -6.14. The van der Waals surface area contributed by atoms with E-state index in [1.165, 1.54) is 29.8 Å². The van der Waals surface area contributed by atoms with Crippen molar-refractivity contribution in [2.45, 2.75) is 176 Å². The number of ether oxygens (including phenoxy) is 2. The lowest BCUT2D eigenvalue weighted by atomic mass is 9.76. The highest BCUT2D eigenvalue weighted by Crippen LogP contribution is 2.37. The van der Waals surface area contributed by atoms with Gasteiger partial charge in [0, 0.05) is 62.2 Å². The van der Waals surface area contributed by atoms with Gasteiger partial charge in [0.2, 0.25) is 23.6 Å². The average Bonchev–Trinajstić information content (AvgIpc) is 3.56. The molecule has 70 heavy (non-hydrogen) atoms. The quantitative estimate of drug-likeness (QED) is 0.0564. The molecule has 19 heteroatoms. The van der Waals surface area contributed by atoms with Crippen molar-refractivity contribution in [3.63, 3.8) is 0 Å². The second kappa shape index (κ2) is 24.6. The van der Waals surface area contributed by atoms with Crippen LogP contribution < -0.4 is 21.3 Å². The predicted octanol–water partition coefficient (Wildman–Crippen LogP) is 6.27. The van der Waals surface area contributed by atoms with Crippen LogP contribution in [0.3, 0.4) is 0 Å². The number of hydrogen-bond acceptors (Lipinski definition) is 10. The molecule has 6 N–H and O–H groups in total. The first-order valence-electron chi connectivity index (χ1n) is 23.8. The second-order valence-electron chi connectivity index (χ2n) is 22.0. The third-order valence-corrected chi connectivity index (χ3v) is 11.7. The smallest absolute Gasteiger partial charge is 0.410 e. The molecule has 1 aromatic heterocycles. The Labute approximate surface area is 413 Å². The topological polar surface area (TPSA) is 255 Å². The first kappa shape index (κ1) is 60.0. The van der Waals surface area contributed by atoms with Crippen LogP contribution in [-0.4, -0.2) is 134 Å². The number of fused-ring (bicyclic) bond motifs is 1. The molecule has 0 spiro atoms. The zero-order valence-electron chi connectivity index (χ0n) is 44.5. The molecule has 0 fully saturated rings. The number of likely N-dealkylation sites (N-methyl/N-ethyl adjacent to an activating group) is 2. The van der Waals surface area contributed by atoms with Crippen LogP contribution in [0.25, 0.3) is 10.9 Å². The summed E-state index contributed by atoms with van der Waals surface area (Å²) in [7, 11) is 4.95.